The number of carbonyl (C=O) groups excluding carboxylic acids is 1. The van der Waals surface area contributed by atoms with Gasteiger partial charge in [-0.25, -0.2) is 8.78 Å². The van der Waals surface area contributed by atoms with E-state index >= 15 is 0 Å². The highest BCUT2D eigenvalue weighted by atomic mass is 19.2. The van der Waals surface area contributed by atoms with Crippen molar-refractivity contribution >= 4 is 5.91 Å². The van der Waals surface area contributed by atoms with Gasteiger partial charge in [0.25, 0.3) is 5.91 Å². The molecule has 0 saturated heterocycles. The molecule has 0 aliphatic rings. The predicted molar refractivity (Wildman–Crippen MR) is 61.6 cm³/mol. The van der Waals surface area contributed by atoms with Gasteiger partial charge in [-0.15, -0.1) is 0 Å². The smallest absolute Gasteiger partial charge is 0.251 e. The molecule has 3 nitrogen and oxygen atoms in total. The van der Waals surface area contributed by atoms with Gasteiger partial charge in [-0.3, -0.25) is 4.79 Å². The van der Waals surface area contributed by atoms with Crippen molar-refractivity contribution in [3.63, 3.8) is 0 Å². The lowest BCUT2D eigenvalue weighted by molar-refractivity contribution is 0.0906. The number of rotatable bonds is 4. The van der Waals surface area contributed by atoms with Crippen LogP contribution in [0, 0.1) is 11.6 Å². The molecule has 1 atom stereocenters. The van der Waals surface area contributed by atoms with Gasteiger partial charge < -0.3 is 11.1 Å². The molecule has 3 N–H and O–H groups in total. The van der Waals surface area contributed by atoms with E-state index < -0.39 is 23.1 Å². The van der Waals surface area contributed by atoms with E-state index in [0.29, 0.717) is 6.42 Å². The number of nitrogens with two attached hydrogens (primary N) is 1. The zero-order valence-electron chi connectivity index (χ0n) is 9.89. The van der Waals surface area contributed by atoms with Crippen LogP contribution >= 0.6 is 0 Å². The molecule has 0 aliphatic carbocycles. The third-order valence-corrected chi connectivity index (χ3v) is 2.83. The molecule has 0 fully saturated rings. The number of hydrogen-bond acceptors (Lipinski definition) is 2. The molecule has 1 aromatic rings. The molecule has 1 amide bonds. The average molecular weight is 242 g/mol. The molecule has 0 saturated carbocycles. The molecule has 1 aromatic carbocycles. The minimum Gasteiger partial charge on any atom is -0.346 e. The Labute approximate surface area is 99.0 Å². The monoisotopic (exact) mass is 242 g/mol. The first-order valence-electron chi connectivity index (χ1n) is 5.39. The average Bonchev–Trinajstić information content (AvgIpc) is 2.32. The summed E-state index contributed by atoms with van der Waals surface area (Å²) < 4.78 is 25.7. The van der Waals surface area contributed by atoms with Gasteiger partial charge in [0.05, 0.1) is 0 Å². The van der Waals surface area contributed by atoms with E-state index in [9.17, 15) is 13.6 Å². The van der Waals surface area contributed by atoms with Gasteiger partial charge in [-0.2, -0.15) is 0 Å². The summed E-state index contributed by atoms with van der Waals surface area (Å²) in [5.41, 5.74) is 5.09. The Bertz CT molecular complexity index is 417. The van der Waals surface area contributed by atoms with Crippen LogP contribution < -0.4 is 11.1 Å². The highest BCUT2D eigenvalue weighted by Gasteiger charge is 2.23. The normalized spacial score (nSPS) is 14.2. The van der Waals surface area contributed by atoms with Gasteiger partial charge in [0, 0.05) is 17.6 Å². The van der Waals surface area contributed by atoms with Crippen LogP contribution in [0.2, 0.25) is 0 Å². The molecule has 1 rings (SSSR count). The first kappa shape index (κ1) is 13.6. The van der Waals surface area contributed by atoms with Crippen LogP contribution in [-0.2, 0) is 0 Å². The fraction of sp³-hybridized carbons (Fsp3) is 0.417. The Morgan fingerprint density at radius 2 is 2.06 bits per heavy atom. The van der Waals surface area contributed by atoms with Crippen molar-refractivity contribution in [1.29, 1.82) is 0 Å². The lowest BCUT2D eigenvalue weighted by atomic mass is 9.98. The Kier molecular flexibility index (Phi) is 4.17. The van der Waals surface area contributed by atoms with Crippen LogP contribution in [-0.4, -0.2) is 18.0 Å². The van der Waals surface area contributed by atoms with Crippen molar-refractivity contribution in [3.05, 3.63) is 35.4 Å². The van der Waals surface area contributed by atoms with Crippen molar-refractivity contribution in [2.75, 3.05) is 6.54 Å². The summed E-state index contributed by atoms with van der Waals surface area (Å²) in [6.07, 6.45) is 0.652. The van der Waals surface area contributed by atoms with Gasteiger partial charge >= 0.3 is 0 Å². The SMILES string of the molecule is CCC(C)(CN)NC(=O)c1ccc(F)c(F)c1. The molecule has 0 aliphatic heterocycles. The van der Waals surface area contributed by atoms with Gasteiger partial charge in [0.1, 0.15) is 0 Å². The van der Waals surface area contributed by atoms with Gasteiger partial charge in [-0.05, 0) is 31.5 Å². The first-order valence-corrected chi connectivity index (χ1v) is 5.39. The second-order valence-corrected chi connectivity index (χ2v) is 4.20. The molecule has 5 heteroatoms. The summed E-state index contributed by atoms with van der Waals surface area (Å²) in [6.45, 7) is 3.96. The molecular formula is C12H16F2N2O. The third-order valence-electron chi connectivity index (χ3n) is 2.83. The van der Waals surface area contributed by atoms with Crippen molar-refractivity contribution < 1.29 is 13.6 Å². The summed E-state index contributed by atoms with van der Waals surface area (Å²) in [7, 11) is 0. The second-order valence-electron chi connectivity index (χ2n) is 4.20. The second kappa shape index (κ2) is 5.23. The largest absolute Gasteiger partial charge is 0.346 e. The van der Waals surface area contributed by atoms with E-state index in [1.807, 2.05) is 6.92 Å². The number of benzene rings is 1. The molecule has 0 heterocycles. The Hall–Kier alpha value is -1.49. The highest BCUT2D eigenvalue weighted by molar-refractivity contribution is 5.94. The molecule has 0 spiro atoms. The quantitative estimate of drug-likeness (QED) is 0.846. The van der Waals surface area contributed by atoms with Crippen molar-refractivity contribution in [1.82, 2.24) is 5.32 Å². The lowest BCUT2D eigenvalue weighted by Crippen LogP contribution is -2.50. The maximum absolute atomic E-state index is 13.0. The molecule has 0 aromatic heterocycles. The molecule has 0 bridgehead atoms. The van der Waals surface area contributed by atoms with E-state index in [1.54, 1.807) is 6.92 Å². The fourth-order valence-electron chi connectivity index (χ4n) is 1.27. The molecular weight excluding hydrogens is 226 g/mol. The van der Waals surface area contributed by atoms with E-state index in [0.717, 1.165) is 12.1 Å². The first-order chi connectivity index (χ1) is 7.91. The Morgan fingerprint density at radius 3 is 2.53 bits per heavy atom. The fourth-order valence-corrected chi connectivity index (χ4v) is 1.27. The number of carbonyl (C=O) groups is 1. The maximum Gasteiger partial charge on any atom is 0.251 e. The summed E-state index contributed by atoms with van der Waals surface area (Å²) in [4.78, 5) is 11.8. The van der Waals surface area contributed by atoms with Gasteiger partial charge in [0.15, 0.2) is 11.6 Å². The van der Waals surface area contributed by atoms with Crippen LogP contribution in [0.5, 0.6) is 0 Å². The minimum atomic E-state index is -1.04. The zero-order valence-corrected chi connectivity index (χ0v) is 9.89. The molecule has 1 unspecified atom stereocenters. The van der Waals surface area contributed by atoms with E-state index in [2.05, 4.69) is 5.32 Å². The van der Waals surface area contributed by atoms with Crippen LogP contribution in [0.4, 0.5) is 8.78 Å². The van der Waals surface area contributed by atoms with Crippen LogP contribution in [0.25, 0.3) is 0 Å². The van der Waals surface area contributed by atoms with E-state index in [-0.39, 0.29) is 12.1 Å². The number of hydrogen-bond donors (Lipinski definition) is 2. The Balaban J connectivity index is 2.86. The van der Waals surface area contributed by atoms with Gasteiger partial charge in [-0.1, -0.05) is 6.92 Å². The van der Waals surface area contributed by atoms with E-state index in [4.69, 9.17) is 5.73 Å². The van der Waals surface area contributed by atoms with Gasteiger partial charge in [0.2, 0.25) is 0 Å². The third kappa shape index (κ3) is 3.23. The summed E-state index contributed by atoms with van der Waals surface area (Å²) >= 11 is 0. The summed E-state index contributed by atoms with van der Waals surface area (Å²) in [6, 6.07) is 3.04. The van der Waals surface area contributed by atoms with Crippen molar-refractivity contribution in [3.8, 4) is 0 Å². The van der Waals surface area contributed by atoms with Crippen LogP contribution in [0.1, 0.15) is 30.6 Å². The summed E-state index contributed by atoms with van der Waals surface area (Å²) in [5.74, 6) is -2.47. The highest BCUT2D eigenvalue weighted by Crippen LogP contribution is 2.12. The predicted octanol–water partition coefficient (Wildman–Crippen LogP) is 1.82. The van der Waals surface area contributed by atoms with Crippen molar-refractivity contribution in [2.24, 2.45) is 5.73 Å². The molecule has 17 heavy (non-hydrogen) atoms. The molecule has 0 radical (unpaired) electrons. The topological polar surface area (TPSA) is 55.1 Å². The number of halogens is 2. The van der Waals surface area contributed by atoms with E-state index in [1.165, 1.54) is 6.07 Å². The maximum atomic E-state index is 13.0. The lowest BCUT2D eigenvalue weighted by Gasteiger charge is -2.27. The summed E-state index contributed by atoms with van der Waals surface area (Å²) in [5, 5.41) is 2.70. The number of amides is 1. The molecule has 94 valence electrons. The zero-order chi connectivity index (χ0) is 13.1. The standard InChI is InChI=1S/C12H16F2N2O/c1-3-12(2,7-15)16-11(17)8-4-5-9(13)10(14)6-8/h4-6H,3,7,15H2,1-2H3,(H,16,17). The van der Waals surface area contributed by atoms with Crippen LogP contribution in [0.3, 0.4) is 0 Å². The Morgan fingerprint density at radius 1 is 1.41 bits per heavy atom. The number of nitrogens with one attached hydrogen (secondary N) is 1. The minimum absolute atomic E-state index is 0.0806. The van der Waals surface area contributed by atoms with Crippen LogP contribution in [0.15, 0.2) is 18.2 Å². The van der Waals surface area contributed by atoms with Crippen molar-refractivity contribution in [2.45, 2.75) is 25.8 Å².